The molecule has 188 valence electrons. The molecule has 2 unspecified atom stereocenters. The zero-order valence-electron chi connectivity index (χ0n) is 20.7. The molecule has 0 bridgehead atoms. The Morgan fingerprint density at radius 2 is 1.57 bits per heavy atom. The number of amides is 2. The van der Waals surface area contributed by atoms with E-state index in [1.54, 1.807) is 27.7 Å². The Kier molecular flexibility index (Phi) is 8.51. The highest BCUT2D eigenvalue weighted by Crippen LogP contribution is 2.44. The van der Waals surface area contributed by atoms with Crippen LogP contribution >= 0.6 is 0 Å². The average molecular weight is 483 g/mol. The van der Waals surface area contributed by atoms with Crippen molar-refractivity contribution < 1.29 is 29.0 Å². The molecule has 0 aromatic heterocycles. The molecule has 0 radical (unpaired) electrons. The van der Waals surface area contributed by atoms with Gasteiger partial charge < -0.3 is 25.2 Å². The van der Waals surface area contributed by atoms with Crippen molar-refractivity contribution in [3.8, 4) is 11.1 Å². The molecule has 1 aliphatic carbocycles. The van der Waals surface area contributed by atoms with Crippen molar-refractivity contribution in [1.29, 1.82) is 0 Å². The number of hydrogen-bond acceptors (Lipinski definition) is 5. The van der Waals surface area contributed by atoms with E-state index in [1.807, 2.05) is 36.4 Å². The first-order valence-corrected chi connectivity index (χ1v) is 11.8. The van der Waals surface area contributed by atoms with E-state index in [0.29, 0.717) is 6.61 Å². The summed E-state index contributed by atoms with van der Waals surface area (Å²) in [7, 11) is 0. The number of hydrogen-bond donors (Lipinski definition) is 3. The van der Waals surface area contributed by atoms with Crippen LogP contribution in [0.2, 0.25) is 0 Å². The molecule has 3 rings (SSSR count). The number of rotatable bonds is 10. The smallest absolute Gasteiger partial charge is 0.407 e. The lowest BCUT2D eigenvalue weighted by Gasteiger charge is -2.28. The lowest BCUT2D eigenvalue weighted by molar-refractivity contribution is -0.145. The van der Waals surface area contributed by atoms with Crippen LogP contribution in [-0.2, 0) is 19.1 Å². The maximum absolute atomic E-state index is 12.5. The molecule has 2 amide bonds. The number of alkyl carbamates (subject to hydrolysis) is 1. The fourth-order valence-electron chi connectivity index (χ4n) is 4.35. The number of carboxylic acids is 1. The second-order valence-corrected chi connectivity index (χ2v) is 9.69. The Labute approximate surface area is 206 Å². The molecular formula is C27H34N2O6. The molecule has 8 heteroatoms. The Hall–Kier alpha value is -3.39. The predicted octanol–water partition coefficient (Wildman–Crippen LogP) is 3.94. The quantitative estimate of drug-likeness (QED) is 0.473. The van der Waals surface area contributed by atoms with E-state index < -0.39 is 35.5 Å². The van der Waals surface area contributed by atoms with E-state index in [0.717, 1.165) is 22.3 Å². The lowest BCUT2D eigenvalue weighted by Crippen LogP contribution is -2.50. The third-order valence-electron chi connectivity index (χ3n) is 6.05. The zero-order chi connectivity index (χ0) is 25.6. The van der Waals surface area contributed by atoms with Crippen molar-refractivity contribution in [2.45, 2.75) is 52.2 Å². The number of carboxylic acid groups (broad SMARTS) is 1. The van der Waals surface area contributed by atoms with Gasteiger partial charge in [0.1, 0.15) is 12.6 Å². The summed E-state index contributed by atoms with van der Waals surface area (Å²) in [4.78, 5) is 36.4. The van der Waals surface area contributed by atoms with Crippen LogP contribution in [0, 0.1) is 5.41 Å². The lowest BCUT2D eigenvalue weighted by atomic mass is 9.86. The summed E-state index contributed by atoms with van der Waals surface area (Å²) in [6.07, 6.45) is -1.30. The van der Waals surface area contributed by atoms with Gasteiger partial charge in [-0.05, 0) is 34.6 Å². The van der Waals surface area contributed by atoms with Crippen LogP contribution in [-0.4, -0.2) is 55.0 Å². The molecule has 0 saturated heterocycles. The number of carbonyl (C=O) groups is 3. The zero-order valence-corrected chi connectivity index (χ0v) is 20.7. The van der Waals surface area contributed by atoms with Crippen LogP contribution in [0.15, 0.2) is 48.5 Å². The molecule has 0 spiro atoms. The summed E-state index contributed by atoms with van der Waals surface area (Å²) in [5.74, 6) is -1.61. The van der Waals surface area contributed by atoms with Crippen molar-refractivity contribution in [3.05, 3.63) is 59.7 Å². The molecule has 3 N–H and O–H groups in total. The van der Waals surface area contributed by atoms with Gasteiger partial charge >= 0.3 is 12.1 Å². The van der Waals surface area contributed by atoms with E-state index >= 15 is 0 Å². The Morgan fingerprint density at radius 1 is 1.00 bits per heavy atom. The van der Waals surface area contributed by atoms with Gasteiger partial charge in [-0.15, -0.1) is 0 Å². The van der Waals surface area contributed by atoms with E-state index in [4.69, 9.17) is 9.47 Å². The van der Waals surface area contributed by atoms with E-state index in [9.17, 15) is 19.5 Å². The largest absolute Gasteiger partial charge is 0.480 e. The summed E-state index contributed by atoms with van der Waals surface area (Å²) in [5, 5.41) is 14.6. The molecule has 2 aromatic carbocycles. The van der Waals surface area contributed by atoms with Crippen molar-refractivity contribution in [3.63, 3.8) is 0 Å². The van der Waals surface area contributed by atoms with Gasteiger partial charge in [0.05, 0.1) is 12.5 Å². The van der Waals surface area contributed by atoms with Crippen LogP contribution in [0.4, 0.5) is 4.79 Å². The minimum Gasteiger partial charge on any atom is -0.480 e. The molecule has 0 fully saturated rings. The standard InChI is InChI=1S/C27H34N2O6/c1-5-34-17(14-23(30)29-24(25(31)32)27(2,3)4)15-28-26(33)35-16-22-20-12-8-6-10-18(20)19-11-7-9-13-21(19)22/h6-13,17,22,24H,5,14-16H2,1-4H3,(H,28,33)(H,29,30)(H,31,32). The Morgan fingerprint density at radius 3 is 2.09 bits per heavy atom. The summed E-state index contributed by atoms with van der Waals surface area (Å²) in [6.45, 7) is 7.59. The van der Waals surface area contributed by atoms with E-state index in [1.165, 1.54) is 0 Å². The highest BCUT2D eigenvalue weighted by Gasteiger charge is 2.33. The first-order chi connectivity index (χ1) is 16.6. The maximum atomic E-state index is 12.5. The highest BCUT2D eigenvalue weighted by molar-refractivity contribution is 5.84. The van der Waals surface area contributed by atoms with Gasteiger partial charge in [-0.1, -0.05) is 69.3 Å². The van der Waals surface area contributed by atoms with Gasteiger partial charge in [-0.2, -0.15) is 0 Å². The molecule has 0 aliphatic heterocycles. The van der Waals surface area contributed by atoms with Crippen LogP contribution in [0.25, 0.3) is 11.1 Å². The molecule has 1 aliphatic rings. The van der Waals surface area contributed by atoms with Crippen molar-refractivity contribution in [1.82, 2.24) is 10.6 Å². The van der Waals surface area contributed by atoms with Gasteiger partial charge in [0.2, 0.25) is 5.91 Å². The summed E-state index contributed by atoms with van der Waals surface area (Å²) >= 11 is 0. The number of aliphatic carboxylic acids is 1. The fourth-order valence-corrected chi connectivity index (χ4v) is 4.35. The Bertz CT molecular complexity index is 1020. The summed E-state index contributed by atoms with van der Waals surface area (Å²) in [5.41, 5.74) is 3.89. The first-order valence-electron chi connectivity index (χ1n) is 11.8. The summed E-state index contributed by atoms with van der Waals surface area (Å²) in [6, 6.07) is 15.1. The van der Waals surface area contributed by atoms with Gasteiger partial charge in [0.15, 0.2) is 0 Å². The SMILES string of the molecule is CCOC(CNC(=O)OCC1c2ccccc2-c2ccccc21)CC(=O)NC(C(=O)O)C(C)(C)C. The number of carbonyl (C=O) groups excluding carboxylic acids is 2. The van der Waals surface area contributed by atoms with Gasteiger partial charge in [0.25, 0.3) is 0 Å². The van der Waals surface area contributed by atoms with Crippen molar-refractivity contribution >= 4 is 18.0 Å². The van der Waals surface area contributed by atoms with Crippen molar-refractivity contribution in [2.75, 3.05) is 19.8 Å². The molecule has 2 atom stereocenters. The van der Waals surface area contributed by atoms with E-state index in [2.05, 4.69) is 22.8 Å². The number of ether oxygens (including phenoxy) is 2. The number of fused-ring (bicyclic) bond motifs is 3. The van der Waals surface area contributed by atoms with Crippen LogP contribution in [0.5, 0.6) is 0 Å². The predicted molar refractivity (Wildman–Crippen MR) is 132 cm³/mol. The van der Waals surface area contributed by atoms with Crippen LogP contribution in [0.3, 0.4) is 0 Å². The fraction of sp³-hybridized carbons (Fsp3) is 0.444. The maximum Gasteiger partial charge on any atom is 0.407 e. The topological polar surface area (TPSA) is 114 Å². The normalized spacial score (nSPS) is 14.4. The minimum absolute atomic E-state index is 0.0491. The minimum atomic E-state index is -1.10. The van der Waals surface area contributed by atoms with Gasteiger partial charge in [-0.3, -0.25) is 4.79 Å². The van der Waals surface area contributed by atoms with Crippen LogP contribution < -0.4 is 10.6 Å². The first kappa shape index (κ1) is 26.2. The molecule has 8 nitrogen and oxygen atoms in total. The Balaban J connectivity index is 1.54. The second-order valence-electron chi connectivity index (χ2n) is 9.69. The van der Waals surface area contributed by atoms with Crippen molar-refractivity contribution in [2.24, 2.45) is 5.41 Å². The third-order valence-corrected chi connectivity index (χ3v) is 6.05. The monoisotopic (exact) mass is 482 g/mol. The molecule has 35 heavy (non-hydrogen) atoms. The molecular weight excluding hydrogens is 448 g/mol. The molecule has 2 aromatic rings. The summed E-state index contributed by atoms with van der Waals surface area (Å²) < 4.78 is 11.1. The molecule has 0 saturated carbocycles. The van der Waals surface area contributed by atoms with Gasteiger partial charge in [-0.25, -0.2) is 9.59 Å². The number of nitrogens with one attached hydrogen (secondary N) is 2. The van der Waals surface area contributed by atoms with E-state index in [-0.39, 0.29) is 25.5 Å². The highest BCUT2D eigenvalue weighted by atomic mass is 16.5. The van der Waals surface area contributed by atoms with Crippen LogP contribution in [0.1, 0.15) is 51.2 Å². The second kappa shape index (κ2) is 11.4. The van der Waals surface area contributed by atoms with Gasteiger partial charge in [0, 0.05) is 19.1 Å². The third kappa shape index (κ3) is 6.60. The molecule has 0 heterocycles. The number of benzene rings is 2. The average Bonchev–Trinajstić information content (AvgIpc) is 3.12.